The van der Waals surface area contributed by atoms with Crippen LogP contribution in [0.5, 0.6) is 0 Å². The summed E-state index contributed by atoms with van der Waals surface area (Å²) in [4.78, 5) is 13.2. The van der Waals surface area contributed by atoms with E-state index in [-0.39, 0.29) is 5.91 Å². The van der Waals surface area contributed by atoms with Crippen molar-refractivity contribution in [2.24, 2.45) is 5.10 Å². The van der Waals surface area contributed by atoms with Gasteiger partial charge in [0.15, 0.2) is 0 Å². The number of para-hydroxylation sites is 1. The molecule has 4 aromatic carbocycles. The van der Waals surface area contributed by atoms with Gasteiger partial charge in [-0.05, 0) is 66.9 Å². The standard InChI is InChI=1S/C30H26ClN3O/c1-21-9-8-14-27(22(21)2)32-29-13-7-6-12-26(29)30(35)34-33-28(24-10-4-3-5-11-24)20-17-23-15-18-25(31)19-16-23/h3-20,32H,1-2H3,(H,34,35)/b20-17+,33-28+. The molecule has 4 nitrogen and oxygen atoms in total. The number of hydrogen-bond acceptors (Lipinski definition) is 3. The second-order valence-corrected chi connectivity index (χ2v) is 8.54. The normalized spacial score (nSPS) is 11.5. The zero-order valence-corrected chi connectivity index (χ0v) is 20.4. The predicted octanol–water partition coefficient (Wildman–Crippen LogP) is 7.55. The Morgan fingerprint density at radius 1 is 0.800 bits per heavy atom. The van der Waals surface area contributed by atoms with E-state index >= 15 is 0 Å². The molecule has 0 aliphatic rings. The lowest BCUT2D eigenvalue weighted by molar-refractivity contribution is 0.0956. The molecule has 0 aliphatic heterocycles. The molecule has 0 radical (unpaired) electrons. The first-order valence-corrected chi connectivity index (χ1v) is 11.7. The van der Waals surface area contributed by atoms with E-state index in [2.05, 4.69) is 35.8 Å². The average Bonchev–Trinajstić information content (AvgIpc) is 2.88. The highest BCUT2D eigenvalue weighted by molar-refractivity contribution is 6.30. The van der Waals surface area contributed by atoms with Crippen LogP contribution in [0.4, 0.5) is 11.4 Å². The molecule has 0 saturated heterocycles. The van der Waals surface area contributed by atoms with Crippen molar-refractivity contribution < 1.29 is 4.79 Å². The number of amides is 1. The molecule has 0 heterocycles. The zero-order valence-electron chi connectivity index (χ0n) is 19.6. The van der Waals surface area contributed by atoms with Crippen LogP contribution >= 0.6 is 11.6 Å². The zero-order chi connectivity index (χ0) is 24.6. The predicted molar refractivity (Wildman–Crippen MR) is 147 cm³/mol. The van der Waals surface area contributed by atoms with Crippen LogP contribution in [-0.2, 0) is 0 Å². The third-order valence-corrected chi connectivity index (χ3v) is 5.95. The van der Waals surface area contributed by atoms with Crippen molar-refractivity contribution in [1.29, 1.82) is 0 Å². The molecule has 0 saturated carbocycles. The summed E-state index contributed by atoms with van der Waals surface area (Å²) in [6.45, 7) is 4.13. The molecule has 1 amide bonds. The van der Waals surface area contributed by atoms with Gasteiger partial charge in [-0.3, -0.25) is 4.79 Å². The molecule has 5 heteroatoms. The van der Waals surface area contributed by atoms with E-state index in [1.165, 1.54) is 5.56 Å². The molecule has 0 unspecified atom stereocenters. The summed E-state index contributed by atoms with van der Waals surface area (Å²) in [5, 5.41) is 8.54. The van der Waals surface area contributed by atoms with E-state index in [9.17, 15) is 4.79 Å². The first-order chi connectivity index (χ1) is 17.0. The average molecular weight is 480 g/mol. The fraction of sp³-hybridized carbons (Fsp3) is 0.0667. The van der Waals surface area contributed by atoms with Gasteiger partial charge in [-0.25, -0.2) is 5.43 Å². The second-order valence-electron chi connectivity index (χ2n) is 8.11. The van der Waals surface area contributed by atoms with Gasteiger partial charge in [0.2, 0.25) is 0 Å². The molecule has 0 aliphatic carbocycles. The number of halogens is 1. The summed E-state index contributed by atoms with van der Waals surface area (Å²) in [5.41, 5.74) is 9.74. The highest BCUT2D eigenvalue weighted by Crippen LogP contribution is 2.25. The number of nitrogens with zero attached hydrogens (tertiary/aromatic N) is 1. The van der Waals surface area contributed by atoms with Crippen LogP contribution in [0.3, 0.4) is 0 Å². The Balaban J connectivity index is 1.59. The number of aryl methyl sites for hydroxylation is 1. The minimum Gasteiger partial charge on any atom is -0.355 e. The van der Waals surface area contributed by atoms with Crippen molar-refractivity contribution in [2.75, 3.05) is 5.32 Å². The van der Waals surface area contributed by atoms with Gasteiger partial charge in [0.05, 0.1) is 17.0 Å². The van der Waals surface area contributed by atoms with Crippen molar-refractivity contribution in [1.82, 2.24) is 5.43 Å². The maximum atomic E-state index is 13.2. The quantitative estimate of drug-likeness (QED) is 0.212. The maximum Gasteiger partial charge on any atom is 0.273 e. The van der Waals surface area contributed by atoms with Crippen molar-refractivity contribution >= 4 is 40.7 Å². The SMILES string of the molecule is Cc1cccc(Nc2ccccc2C(=O)N/N=C(\C=C\c2ccc(Cl)cc2)c2ccccc2)c1C. The Morgan fingerprint density at radius 2 is 1.49 bits per heavy atom. The Hall–Kier alpha value is -4.15. The van der Waals surface area contributed by atoms with Gasteiger partial charge in [-0.1, -0.05) is 84.4 Å². The van der Waals surface area contributed by atoms with Crippen LogP contribution in [0.2, 0.25) is 5.02 Å². The molecule has 0 aromatic heterocycles. The minimum atomic E-state index is -0.299. The van der Waals surface area contributed by atoms with E-state index in [1.807, 2.05) is 97.1 Å². The van der Waals surface area contributed by atoms with Gasteiger partial charge in [0, 0.05) is 16.3 Å². The topological polar surface area (TPSA) is 53.5 Å². The smallest absolute Gasteiger partial charge is 0.273 e. The molecule has 0 bridgehead atoms. The van der Waals surface area contributed by atoms with E-state index in [1.54, 1.807) is 6.07 Å². The number of benzene rings is 4. The van der Waals surface area contributed by atoms with Gasteiger partial charge >= 0.3 is 0 Å². The van der Waals surface area contributed by atoms with Crippen LogP contribution in [0.1, 0.15) is 32.6 Å². The highest BCUT2D eigenvalue weighted by atomic mass is 35.5. The van der Waals surface area contributed by atoms with Crippen LogP contribution < -0.4 is 10.7 Å². The number of rotatable bonds is 7. The number of hydrazone groups is 1. The largest absolute Gasteiger partial charge is 0.355 e. The summed E-state index contributed by atoms with van der Waals surface area (Å²) in [6.07, 6.45) is 3.81. The molecule has 0 atom stereocenters. The summed E-state index contributed by atoms with van der Waals surface area (Å²) >= 11 is 5.99. The Labute approximate surface area is 211 Å². The summed E-state index contributed by atoms with van der Waals surface area (Å²) < 4.78 is 0. The molecule has 4 rings (SSSR count). The molecule has 35 heavy (non-hydrogen) atoms. The molecule has 174 valence electrons. The van der Waals surface area contributed by atoms with Crippen molar-refractivity contribution in [3.63, 3.8) is 0 Å². The summed E-state index contributed by atoms with van der Waals surface area (Å²) in [6, 6.07) is 30.7. The van der Waals surface area contributed by atoms with Crippen LogP contribution in [-0.4, -0.2) is 11.6 Å². The van der Waals surface area contributed by atoms with Gasteiger partial charge < -0.3 is 5.32 Å². The molecule has 0 spiro atoms. The fourth-order valence-electron chi connectivity index (χ4n) is 3.55. The highest BCUT2D eigenvalue weighted by Gasteiger charge is 2.12. The van der Waals surface area contributed by atoms with E-state index < -0.39 is 0 Å². The number of nitrogens with one attached hydrogen (secondary N) is 2. The van der Waals surface area contributed by atoms with Crippen molar-refractivity contribution in [2.45, 2.75) is 13.8 Å². The number of anilines is 2. The Morgan fingerprint density at radius 3 is 2.26 bits per heavy atom. The number of allylic oxidation sites excluding steroid dienone is 1. The number of carbonyl (C=O) groups excluding carboxylic acids is 1. The second kappa shape index (κ2) is 11.3. The van der Waals surface area contributed by atoms with Crippen molar-refractivity contribution in [3.05, 3.63) is 136 Å². The van der Waals surface area contributed by atoms with E-state index in [0.29, 0.717) is 22.0 Å². The molecule has 2 N–H and O–H groups in total. The van der Waals surface area contributed by atoms with Crippen LogP contribution in [0, 0.1) is 13.8 Å². The summed E-state index contributed by atoms with van der Waals surface area (Å²) in [7, 11) is 0. The van der Waals surface area contributed by atoms with E-state index in [0.717, 1.165) is 22.4 Å². The van der Waals surface area contributed by atoms with E-state index in [4.69, 9.17) is 11.6 Å². The van der Waals surface area contributed by atoms with Crippen LogP contribution in [0.15, 0.2) is 108 Å². The molecular formula is C30H26ClN3O. The number of hydrogen-bond donors (Lipinski definition) is 2. The third-order valence-electron chi connectivity index (χ3n) is 5.70. The maximum absolute atomic E-state index is 13.2. The molecular weight excluding hydrogens is 454 g/mol. The molecule has 0 fully saturated rings. The molecule has 4 aromatic rings. The third kappa shape index (κ3) is 6.25. The fourth-order valence-corrected chi connectivity index (χ4v) is 3.67. The minimum absolute atomic E-state index is 0.299. The van der Waals surface area contributed by atoms with Gasteiger partial charge in [-0.15, -0.1) is 0 Å². The van der Waals surface area contributed by atoms with Crippen LogP contribution in [0.25, 0.3) is 6.08 Å². The lowest BCUT2D eigenvalue weighted by atomic mass is 10.1. The Bertz CT molecular complexity index is 1380. The monoisotopic (exact) mass is 479 g/mol. The van der Waals surface area contributed by atoms with Gasteiger partial charge in [0.1, 0.15) is 0 Å². The van der Waals surface area contributed by atoms with Crippen molar-refractivity contribution in [3.8, 4) is 0 Å². The lowest BCUT2D eigenvalue weighted by Gasteiger charge is -2.14. The lowest BCUT2D eigenvalue weighted by Crippen LogP contribution is -2.20. The first-order valence-electron chi connectivity index (χ1n) is 11.3. The van der Waals surface area contributed by atoms with Gasteiger partial charge in [-0.2, -0.15) is 5.10 Å². The first kappa shape index (κ1) is 24.0. The number of carbonyl (C=O) groups is 1. The Kier molecular flexibility index (Phi) is 7.76. The van der Waals surface area contributed by atoms with Gasteiger partial charge in [0.25, 0.3) is 5.91 Å². The summed E-state index contributed by atoms with van der Waals surface area (Å²) in [5.74, 6) is -0.299.